The van der Waals surface area contributed by atoms with E-state index in [0.29, 0.717) is 28.5 Å². The van der Waals surface area contributed by atoms with Gasteiger partial charge in [0.15, 0.2) is 17.3 Å². The van der Waals surface area contributed by atoms with Crippen molar-refractivity contribution in [3.63, 3.8) is 0 Å². The molecule has 0 saturated carbocycles. The second-order valence-corrected chi connectivity index (χ2v) is 22.1. The van der Waals surface area contributed by atoms with Gasteiger partial charge in [-0.3, -0.25) is 4.57 Å². The minimum atomic E-state index is 0.148. The van der Waals surface area contributed by atoms with Crippen molar-refractivity contribution >= 4 is 89.5 Å². The van der Waals surface area contributed by atoms with Crippen LogP contribution in [0.25, 0.3) is 71.2 Å². The van der Waals surface area contributed by atoms with Crippen LogP contribution < -0.4 is 26.0 Å². The van der Waals surface area contributed by atoms with Gasteiger partial charge in [-0.05, 0) is 122 Å². The largest absolute Gasteiger partial charge is 0.453 e. The lowest BCUT2D eigenvalue weighted by molar-refractivity contribution is 0.477. The number of hydrogen-bond donors (Lipinski definition) is 0. The highest BCUT2D eigenvalue weighted by Gasteiger charge is 2.33. The molecule has 14 rings (SSSR count). The lowest BCUT2D eigenvalue weighted by Gasteiger charge is -2.34. The number of nitriles is 1. The summed E-state index contributed by atoms with van der Waals surface area (Å²) >= 11 is 0. The zero-order valence-corrected chi connectivity index (χ0v) is 47.9. The Morgan fingerprint density at radius 2 is 0.807 bits per heavy atom. The number of aryl methyl sites for hydroxylation is 8. The average Bonchev–Trinajstić information content (AvgIpc) is 3.48. The normalized spacial score (nSPS) is 11.7. The second-order valence-electron chi connectivity index (χ2n) is 22.1. The number of ether oxygens (including phenoxy) is 1. The van der Waals surface area contributed by atoms with Gasteiger partial charge < -0.3 is 14.2 Å². The van der Waals surface area contributed by atoms with Gasteiger partial charge in [0.05, 0.1) is 45.6 Å². The van der Waals surface area contributed by atoms with Crippen molar-refractivity contribution in [3.8, 4) is 40.3 Å². The third-order valence-electron chi connectivity index (χ3n) is 16.6. The molecule has 13 aromatic rings. The van der Waals surface area contributed by atoms with Gasteiger partial charge >= 0.3 is 0 Å². The number of aromatic nitrogens is 3. The van der Waals surface area contributed by atoms with Crippen LogP contribution in [0.5, 0.6) is 11.5 Å². The summed E-state index contributed by atoms with van der Waals surface area (Å²) < 4.78 is 10.4. The number of anilines is 3. The van der Waals surface area contributed by atoms with E-state index in [1.165, 1.54) is 60.9 Å². The van der Waals surface area contributed by atoms with Crippen molar-refractivity contribution in [1.29, 1.82) is 5.26 Å². The monoisotopic (exact) mass is 1070 g/mol. The molecule has 0 unspecified atom stereocenters. The fraction of sp³-hybridized carbons (Fsp3) is 0.107. The first-order chi connectivity index (χ1) is 40.4. The van der Waals surface area contributed by atoms with Crippen LogP contribution in [-0.4, -0.2) is 20.8 Å². The summed E-state index contributed by atoms with van der Waals surface area (Å²) in [7, 11) is 0. The highest BCUT2D eigenvalue weighted by Crippen LogP contribution is 2.51. The molecular formula is C75H59BN6O. The first kappa shape index (κ1) is 52.0. The van der Waals surface area contributed by atoms with Crippen molar-refractivity contribution in [2.75, 3.05) is 4.90 Å². The predicted octanol–water partition coefficient (Wildman–Crippen LogP) is 17.6. The number of hydrogen-bond acceptors (Lipinski definition) is 4. The van der Waals surface area contributed by atoms with E-state index in [0.717, 1.165) is 77.7 Å². The maximum absolute atomic E-state index is 10.8. The van der Waals surface area contributed by atoms with E-state index < -0.39 is 0 Å². The summed E-state index contributed by atoms with van der Waals surface area (Å²) in [5.74, 6) is 2.75. The molecule has 7 nitrogen and oxygen atoms in total. The Kier molecular flexibility index (Phi) is 13.1. The van der Waals surface area contributed by atoms with Gasteiger partial charge in [-0.1, -0.05) is 213 Å². The third kappa shape index (κ3) is 8.70. The number of benzene rings is 10. The van der Waals surface area contributed by atoms with Crippen molar-refractivity contribution in [3.05, 3.63) is 274 Å². The highest BCUT2D eigenvalue weighted by molar-refractivity contribution is 6.97. The van der Waals surface area contributed by atoms with E-state index >= 15 is 0 Å². The zero-order valence-electron chi connectivity index (χ0n) is 47.9. The predicted molar refractivity (Wildman–Crippen MR) is 346 cm³/mol. The lowest BCUT2D eigenvalue weighted by atomic mass is 9.33. The maximum Gasteiger partial charge on any atom is 0.243 e. The van der Waals surface area contributed by atoms with E-state index in [2.05, 4.69) is 190 Å². The number of rotatable bonds is 7. The summed E-state index contributed by atoms with van der Waals surface area (Å²) in [6, 6.07) is 75.7. The van der Waals surface area contributed by atoms with Gasteiger partial charge in [0.25, 0.3) is 0 Å². The van der Waals surface area contributed by atoms with Gasteiger partial charge in [-0.2, -0.15) is 5.26 Å². The summed E-state index contributed by atoms with van der Waals surface area (Å²) in [4.78, 5) is 11.7. The molecule has 1 aliphatic heterocycles. The van der Waals surface area contributed by atoms with Crippen LogP contribution in [0.3, 0.4) is 0 Å². The average molecular weight is 1070 g/mol. The van der Waals surface area contributed by atoms with Gasteiger partial charge in [0, 0.05) is 32.8 Å². The van der Waals surface area contributed by atoms with Gasteiger partial charge in [-0.15, -0.1) is 0 Å². The fourth-order valence-corrected chi connectivity index (χ4v) is 13.5. The number of para-hydroxylation sites is 8. The van der Waals surface area contributed by atoms with Crippen LogP contribution in [0.1, 0.15) is 50.1 Å². The first-order valence-corrected chi connectivity index (χ1v) is 28.2. The molecular weight excluding hydrogens is 1010 g/mol. The number of fused-ring (bicyclic) bond motifs is 8. The molecule has 0 bridgehead atoms. The SMILES string of the molecule is Cc1cc(C)c(B(c2c(C)cc(C)cc2C)c2c(C)cc(N3c4ccccc4Oc4ccccc43)cc2C)c(C)c1.[C-]#[N+]c1c(-n2c3ccccc3c3ccccc32)nc(-n2c3ccccc3c3ccccc32)c(C#N)c1-c1ccccc1. The Labute approximate surface area is 485 Å². The second kappa shape index (κ2) is 20.9. The molecule has 0 aliphatic carbocycles. The fourth-order valence-electron chi connectivity index (χ4n) is 13.5. The molecule has 0 radical (unpaired) electrons. The van der Waals surface area contributed by atoms with E-state index in [1.807, 2.05) is 103 Å². The molecule has 83 heavy (non-hydrogen) atoms. The van der Waals surface area contributed by atoms with E-state index in [4.69, 9.17) is 16.3 Å². The molecule has 0 spiro atoms. The molecule has 0 N–H and O–H groups in total. The Balaban J connectivity index is 0.000000155. The lowest BCUT2D eigenvalue weighted by Crippen LogP contribution is -2.57. The zero-order chi connectivity index (χ0) is 57.2. The summed E-state index contributed by atoms with van der Waals surface area (Å²) in [6.07, 6.45) is 0. The first-order valence-electron chi connectivity index (χ1n) is 28.2. The molecule has 0 atom stereocenters. The van der Waals surface area contributed by atoms with Crippen molar-refractivity contribution in [2.45, 2.75) is 55.4 Å². The van der Waals surface area contributed by atoms with Gasteiger partial charge in [0.1, 0.15) is 11.9 Å². The summed E-state index contributed by atoms with van der Waals surface area (Å²) in [5.41, 5.74) is 24.0. The molecule has 4 heterocycles. The quantitative estimate of drug-likeness (QED) is 0.118. The Hall–Kier alpha value is -10.4. The molecule has 0 amide bonds. The van der Waals surface area contributed by atoms with E-state index in [-0.39, 0.29) is 6.71 Å². The summed E-state index contributed by atoms with van der Waals surface area (Å²) in [5, 5.41) is 15.1. The smallest absolute Gasteiger partial charge is 0.243 e. The number of pyridine rings is 1. The molecule has 0 saturated heterocycles. The van der Waals surface area contributed by atoms with Gasteiger partial charge in [-0.25, -0.2) is 9.83 Å². The standard InChI is InChI=1S/C38H38BNO.C37H21N5/c1-23-17-25(3)36(26(4)18-23)39(37-27(5)19-24(2)20-28(37)6)38-29(7)21-31(22-30(38)8)40-32-13-9-11-15-34(32)41-35-16-12-10-14-33(35)40;1-39-35-34(24-13-3-2-4-14-24)29(23-38)36(41-30-19-9-5-15-25(30)26-16-6-10-20-31(26)41)40-37(35)42-32-21-11-7-17-27(32)28-18-8-12-22-33(28)42/h9-22H,1-8H3;2-22H. The van der Waals surface area contributed by atoms with Crippen LogP contribution in [0.2, 0.25) is 0 Å². The molecule has 1 aliphatic rings. The maximum atomic E-state index is 10.8. The van der Waals surface area contributed by atoms with Crippen molar-refractivity contribution in [2.24, 2.45) is 0 Å². The van der Waals surface area contributed by atoms with E-state index in [9.17, 15) is 5.26 Å². The molecule has 8 heteroatoms. The Bertz CT molecular complexity index is 4430. The minimum Gasteiger partial charge on any atom is -0.453 e. The van der Waals surface area contributed by atoms with Crippen molar-refractivity contribution in [1.82, 2.24) is 14.1 Å². The third-order valence-corrected chi connectivity index (χ3v) is 16.6. The highest BCUT2D eigenvalue weighted by atomic mass is 16.5. The number of nitrogens with zero attached hydrogens (tertiary/aromatic N) is 6. The summed E-state index contributed by atoms with van der Waals surface area (Å²) in [6.45, 7) is 26.7. The van der Waals surface area contributed by atoms with Crippen LogP contribution in [-0.2, 0) is 0 Å². The Morgan fingerprint density at radius 3 is 1.22 bits per heavy atom. The van der Waals surface area contributed by atoms with Crippen LogP contribution in [0, 0.1) is 73.3 Å². The topological polar surface area (TPSA) is 63.4 Å². The van der Waals surface area contributed by atoms with Crippen LogP contribution >= 0.6 is 0 Å². The Morgan fingerprint density at radius 1 is 0.446 bits per heavy atom. The molecule has 398 valence electrons. The minimum absolute atomic E-state index is 0.148. The molecule has 10 aromatic carbocycles. The van der Waals surface area contributed by atoms with E-state index in [1.54, 1.807) is 0 Å². The molecule has 3 aromatic heterocycles. The van der Waals surface area contributed by atoms with Crippen molar-refractivity contribution < 1.29 is 4.74 Å². The van der Waals surface area contributed by atoms with Crippen LogP contribution in [0.15, 0.2) is 212 Å². The molecule has 0 fully saturated rings. The van der Waals surface area contributed by atoms with Crippen LogP contribution in [0.4, 0.5) is 22.7 Å². The van der Waals surface area contributed by atoms with Gasteiger partial charge in [0.2, 0.25) is 12.4 Å².